The van der Waals surface area contributed by atoms with Gasteiger partial charge < -0.3 is 0 Å². The van der Waals surface area contributed by atoms with Gasteiger partial charge in [-0.15, -0.1) is 0 Å². The van der Waals surface area contributed by atoms with Gasteiger partial charge in [-0.1, -0.05) is 176 Å². The van der Waals surface area contributed by atoms with Gasteiger partial charge in [0.05, 0.1) is 0 Å². The fourth-order valence-electron chi connectivity index (χ4n) is 9.13. The first kappa shape index (κ1) is 30.9. The summed E-state index contributed by atoms with van der Waals surface area (Å²) in [5, 5.41) is 17.3. The third-order valence-corrected chi connectivity index (χ3v) is 11.6. The summed E-state index contributed by atoms with van der Waals surface area (Å²) in [6.45, 7) is 0. The smallest absolute Gasteiger partial charge is 0.164 e. The zero-order valence-electron chi connectivity index (χ0n) is 30.2. The minimum Gasteiger partial charge on any atom is -0.208 e. The first-order valence-electron chi connectivity index (χ1n) is 19.1. The van der Waals surface area contributed by atoms with Crippen LogP contribution in [0.25, 0.3) is 121 Å². The van der Waals surface area contributed by atoms with Gasteiger partial charge in [0.25, 0.3) is 0 Å². The van der Waals surface area contributed by atoms with Crippen LogP contribution in [0.5, 0.6) is 0 Å². The Bertz CT molecular complexity index is 3520. The van der Waals surface area contributed by atoms with Crippen molar-refractivity contribution in [1.82, 2.24) is 15.0 Å². The Morgan fingerprint density at radius 1 is 0.232 bits per heavy atom. The van der Waals surface area contributed by atoms with Gasteiger partial charge in [0, 0.05) is 16.7 Å². The Labute approximate surface area is 322 Å². The largest absolute Gasteiger partial charge is 0.208 e. The van der Waals surface area contributed by atoms with Crippen LogP contribution in [0.15, 0.2) is 188 Å². The van der Waals surface area contributed by atoms with Crippen LogP contribution >= 0.6 is 0 Å². The van der Waals surface area contributed by atoms with Crippen LogP contribution < -0.4 is 0 Å². The van der Waals surface area contributed by atoms with Gasteiger partial charge in [-0.2, -0.15) is 0 Å². The summed E-state index contributed by atoms with van der Waals surface area (Å²) >= 11 is 0. The normalized spacial score (nSPS) is 11.9. The second-order valence-electron chi connectivity index (χ2n) is 14.7. The molecule has 0 N–H and O–H groups in total. The first-order chi connectivity index (χ1) is 27.8. The predicted octanol–water partition coefficient (Wildman–Crippen LogP) is 14.0. The molecule has 0 saturated carbocycles. The quantitative estimate of drug-likeness (QED) is 0.171. The number of hydrogen-bond acceptors (Lipinski definition) is 3. The fraction of sp³-hybridized carbons (Fsp3) is 0. The summed E-state index contributed by atoms with van der Waals surface area (Å²) in [6, 6.07) is 67.6. The lowest BCUT2D eigenvalue weighted by Crippen LogP contribution is -2.01. The third-order valence-electron chi connectivity index (χ3n) is 11.6. The molecule has 56 heavy (non-hydrogen) atoms. The molecule has 0 fully saturated rings. The molecule has 0 amide bonds. The van der Waals surface area contributed by atoms with Gasteiger partial charge in [0.1, 0.15) is 0 Å². The van der Waals surface area contributed by atoms with Crippen LogP contribution in [-0.2, 0) is 0 Å². The minimum absolute atomic E-state index is 0.640. The molecular formula is C53H31N3. The zero-order chi connectivity index (χ0) is 36.7. The molecule has 0 aliphatic heterocycles. The number of nitrogens with zero attached hydrogens (tertiary/aromatic N) is 3. The average molecular weight is 710 g/mol. The predicted molar refractivity (Wildman–Crippen MR) is 235 cm³/mol. The van der Waals surface area contributed by atoms with Gasteiger partial charge in [-0.05, 0) is 98.7 Å². The monoisotopic (exact) mass is 709 g/mol. The molecule has 0 saturated heterocycles. The molecule has 0 aliphatic carbocycles. The van der Waals surface area contributed by atoms with E-state index in [4.69, 9.17) is 15.0 Å². The molecule has 0 atom stereocenters. The van der Waals surface area contributed by atoms with Crippen LogP contribution in [0.3, 0.4) is 0 Å². The number of fused-ring (bicyclic) bond motifs is 3. The number of rotatable bonds is 4. The molecule has 12 aromatic rings. The Morgan fingerprint density at radius 3 is 1.38 bits per heavy atom. The van der Waals surface area contributed by atoms with Crippen molar-refractivity contribution in [1.29, 1.82) is 0 Å². The van der Waals surface area contributed by atoms with Crippen molar-refractivity contribution < 1.29 is 0 Å². The van der Waals surface area contributed by atoms with E-state index in [2.05, 4.69) is 170 Å². The summed E-state index contributed by atoms with van der Waals surface area (Å²) in [5.41, 5.74) is 5.09. The van der Waals surface area contributed by atoms with Gasteiger partial charge in [-0.3, -0.25) is 0 Å². The van der Waals surface area contributed by atoms with Crippen LogP contribution in [0.4, 0.5) is 0 Å². The maximum absolute atomic E-state index is 5.37. The van der Waals surface area contributed by atoms with Crippen molar-refractivity contribution in [2.45, 2.75) is 0 Å². The van der Waals surface area contributed by atoms with E-state index < -0.39 is 0 Å². The van der Waals surface area contributed by atoms with Crippen molar-refractivity contribution in [3.63, 3.8) is 0 Å². The van der Waals surface area contributed by atoms with Crippen LogP contribution in [0.1, 0.15) is 0 Å². The topological polar surface area (TPSA) is 38.7 Å². The Hall–Kier alpha value is -7.49. The Kier molecular flexibility index (Phi) is 6.63. The van der Waals surface area contributed by atoms with Crippen molar-refractivity contribution in [2.24, 2.45) is 0 Å². The Balaban J connectivity index is 1.20. The Morgan fingerprint density at radius 2 is 0.679 bits per heavy atom. The van der Waals surface area contributed by atoms with E-state index in [1.165, 1.54) is 70.0 Å². The highest BCUT2D eigenvalue weighted by Crippen LogP contribution is 2.44. The van der Waals surface area contributed by atoms with Gasteiger partial charge in [-0.25, -0.2) is 15.0 Å². The minimum atomic E-state index is 0.640. The van der Waals surface area contributed by atoms with E-state index in [1.807, 2.05) is 18.2 Å². The summed E-state index contributed by atoms with van der Waals surface area (Å²) in [4.78, 5) is 15.8. The molecule has 0 radical (unpaired) electrons. The summed E-state index contributed by atoms with van der Waals surface area (Å²) < 4.78 is 0. The van der Waals surface area contributed by atoms with Crippen molar-refractivity contribution >= 4 is 75.4 Å². The molecule has 0 unspecified atom stereocenters. The number of hydrogen-bond donors (Lipinski definition) is 0. The second kappa shape index (κ2) is 12.0. The highest BCUT2D eigenvalue weighted by atomic mass is 15.0. The highest BCUT2D eigenvalue weighted by molar-refractivity contribution is 6.37. The van der Waals surface area contributed by atoms with Crippen LogP contribution in [0.2, 0.25) is 0 Å². The van der Waals surface area contributed by atoms with E-state index in [-0.39, 0.29) is 0 Å². The van der Waals surface area contributed by atoms with Crippen molar-refractivity contribution in [3.8, 4) is 45.3 Å². The zero-order valence-corrected chi connectivity index (χ0v) is 30.2. The van der Waals surface area contributed by atoms with Crippen LogP contribution in [-0.4, -0.2) is 15.0 Å². The van der Waals surface area contributed by atoms with E-state index in [0.717, 1.165) is 33.2 Å². The van der Waals surface area contributed by atoms with E-state index in [9.17, 15) is 0 Å². The third kappa shape index (κ3) is 4.61. The summed E-state index contributed by atoms with van der Waals surface area (Å²) in [7, 11) is 0. The highest BCUT2D eigenvalue weighted by Gasteiger charge is 2.20. The lowest BCUT2D eigenvalue weighted by atomic mass is 9.87. The molecule has 258 valence electrons. The molecule has 3 nitrogen and oxygen atoms in total. The maximum atomic E-state index is 5.37. The average Bonchev–Trinajstić information content (AvgIpc) is 3.27. The summed E-state index contributed by atoms with van der Waals surface area (Å²) in [6.07, 6.45) is 0. The van der Waals surface area contributed by atoms with E-state index in [0.29, 0.717) is 17.5 Å². The summed E-state index contributed by atoms with van der Waals surface area (Å²) in [5.74, 6) is 1.92. The number of aromatic nitrogens is 3. The van der Waals surface area contributed by atoms with Crippen molar-refractivity contribution in [2.75, 3.05) is 0 Å². The molecule has 1 aromatic heterocycles. The SMILES string of the molecule is c1ccc(-c2nc(-c3cc4ccc5cccc6c7cccc8ccc9cccc(c(c3)c4c56)c9c87)nc(-c3ccccc3-c3cccc4ccccc34)n2)cc1. The van der Waals surface area contributed by atoms with Crippen molar-refractivity contribution in [3.05, 3.63) is 188 Å². The molecule has 0 spiro atoms. The lowest BCUT2D eigenvalue weighted by molar-refractivity contribution is 1.08. The second-order valence-corrected chi connectivity index (χ2v) is 14.7. The maximum Gasteiger partial charge on any atom is 0.164 e. The van der Waals surface area contributed by atoms with Gasteiger partial charge in [0.15, 0.2) is 17.5 Å². The molecule has 11 aromatic carbocycles. The van der Waals surface area contributed by atoms with E-state index >= 15 is 0 Å². The molecular weight excluding hydrogens is 679 g/mol. The molecule has 1 heterocycles. The fourth-order valence-corrected chi connectivity index (χ4v) is 9.13. The molecule has 12 rings (SSSR count). The first-order valence-corrected chi connectivity index (χ1v) is 19.1. The molecule has 0 bridgehead atoms. The van der Waals surface area contributed by atoms with Crippen LogP contribution in [0, 0.1) is 0 Å². The number of benzene rings is 10. The van der Waals surface area contributed by atoms with Gasteiger partial charge in [0.2, 0.25) is 0 Å². The van der Waals surface area contributed by atoms with E-state index in [1.54, 1.807) is 0 Å². The molecule has 3 heteroatoms. The standard InChI is InChI=1S/C53H31N3/c1-2-13-36(14-3-1)51-54-52(56-53(55-51)45-21-7-6-20-41(45)40-22-8-15-32-12-4-5-19-39(32)40)38-30-37-29-28-35-17-10-24-43-42-23-9-16-33-26-27-34-18-11-25-44(49(34)47(33)42)46(31-38)50(37)48(35)43/h1-31H. The lowest BCUT2D eigenvalue weighted by Gasteiger charge is -2.17. The molecule has 0 aliphatic rings. The van der Waals surface area contributed by atoms with Gasteiger partial charge >= 0.3 is 0 Å².